The van der Waals surface area contributed by atoms with Gasteiger partial charge in [0.15, 0.2) is 0 Å². The van der Waals surface area contributed by atoms with Crippen molar-refractivity contribution in [3.63, 3.8) is 0 Å². The smallest absolute Gasteiger partial charge is 0.327 e. The number of rotatable bonds is 6. The van der Waals surface area contributed by atoms with Crippen molar-refractivity contribution in [2.24, 2.45) is 5.73 Å². The highest BCUT2D eigenvalue weighted by atomic mass is 32.1. The first-order valence-electron chi connectivity index (χ1n) is 7.01. The van der Waals surface area contributed by atoms with E-state index in [-0.39, 0.29) is 18.7 Å². The molecule has 10 heteroatoms. The normalized spacial score (nSPS) is 11.0. The average molecular weight is 352 g/mol. The van der Waals surface area contributed by atoms with E-state index in [0.29, 0.717) is 6.54 Å². The van der Waals surface area contributed by atoms with Gasteiger partial charge in [-0.15, -0.1) is 11.3 Å². The monoisotopic (exact) mass is 352 g/mol. The van der Waals surface area contributed by atoms with Crippen molar-refractivity contribution in [1.29, 1.82) is 0 Å². The van der Waals surface area contributed by atoms with Crippen LogP contribution in [-0.2, 0) is 13.1 Å². The van der Waals surface area contributed by atoms with Gasteiger partial charge in [0.1, 0.15) is 6.33 Å². The lowest BCUT2D eigenvalue weighted by Gasteiger charge is -2.02. The lowest BCUT2D eigenvalue weighted by atomic mass is 10.3. The zero-order valence-electron chi connectivity index (χ0n) is 12.4. The van der Waals surface area contributed by atoms with E-state index in [1.54, 1.807) is 12.4 Å². The summed E-state index contributed by atoms with van der Waals surface area (Å²) in [6, 6.07) is 3.84. The number of thiophene rings is 1. The van der Waals surface area contributed by atoms with Gasteiger partial charge in [0.05, 0.1) is 19.3 Å². The Morgan fingerprint density at radius 3 is 2.88 bits per heavy atom. The molecule has 3 heterocycles. The van der Waals surface area contributed by atoms with Gasteiger partial charge < -0.3 is 5.73 Å². The van der Waals surface area contributed by atoms with E-state index < -0.39 is 11.8 Å². The summed E-state index contributed by atoms with van der Waals surface area (Å²) in [7, 11) is 0. The second kappa shape index (κ2) is 6.89. The van der Waals surface area contributed by atoms with Crippen LogP contribution < -0.4 is 11.4 Å². The van der Waals surface area contributed by atoms with Crippen LogP contribution in [0.5, 0.6) is 0 Å². The quantitative estimate of drug-likeness (QED) is 0.705. The molecule has 0 aliphatic rings. The fourth-order valence-electron chi connectivity index (χ4n) is 2.14. The van der Waals surface area contributed by atoms with Crippen LogP contribution in [0.2, 0.25) is 0 Å². The molecule has 3 aromatic heterocycles. The Balaban J connectivity index is 1.77. The number of nitrogens with one attached hydrogen (secondary N) is 1. The minimum Gasteiger partial charge on any atom is -0.327 e. The summed E-state index contributed by atoms with van der Waals surface area (Å²) >= 11 is 1.52. The van der Waals surface area contributed by atoms with Crippen molar-refractivity contribution in [1.82, 2.24) is 24.5 Å². The van der Waals surface area contributed by atoms with Crippen LogP contribution in [-0.4, -0.2) is 31.1 Å². The largest absolute Gasteiger partial charge is 0.346 e. The van der Waals surface area contributed by atoms with Gasteiger partial charge in [-0.25, -0.2) is 9.48 Å². The number of aromatic amines is 1. The van der Waals surface area contributed by atoms with Crippen molar-refractivity contribution in [2.75, 3.05) is 6.54 Å². The number of nitrogens with zero attached hydrogens (tertiary/aromatic N) is 4. The molecular weight excluding hydrogens is 338 g/mol. The summed E-state index contributed by atoms with van der Waals surface area (Å²) in [4.78, 5) is 14.2. The van der Waals surface area contributed by atoms with E-state index in [2.05, 4.69) is 15.3 Å². The van der Waals surface area contributed by atoms with Crippen LogP contribution in [0.4, 0.5) is 8.78 Å². The molecule has 0 saturated heterocycles. The van der Waals surface area contributed by atoms with E-state index in [1.807, 2.05) is 12.1 Å². The molecule has 0 spiro atoms. The highest BCUT2D eigenvalue weighted by Gasteiger charge is 2.12. The molecule has 0 amide bonds. The SMILES string of the molecule is NCC(Cn1ncn(Cc2ccc(-c3cn[nH]c3)s2)c1=O)=C(F)F. The summed E-state index contributed by atoms with van der Waals surface area (Å²) in [5.41, 5.74) is 5.46. The molecule has 0 aliphatic heterocycles. The standard InChI is InChI=1S/C14H14F2N6OS/c15-13(16)9(3-17)6-22-14(23)21(8-20-22)7-11-1-2-12(24-11)10-4-18-19-5-10/h1-2,4-5,8H,3,6-7,17H2,(H,18,19). The van der Waals surface area contributed by atoms with Gasteiger partial charge in [-0.2, -0.15) is 19.0 Å². The van der Waals surface area contributed by atoms with Gasteiger partial charge >= 0.3 is 5.69 Å². The zero-order valence-corrected chi connectivity index (χ0v) is 13.3. The van der Waals surface area contributed by atoms with E-state index in [0.717, 1.165) is 20.0 Å². The predicted octanol–water partition coefficient (Wildman–Crippen LogP) is 1.65. The fraction of sp³-hybridized carbons (Fsp3) is 0.214. The molecule has 0 bridgehead atoms. The molecule has 0 saturated carbocycles. The molecule has 0 fully saturated rings. The third kappa shape index (κ3) is 3.34. The van der Waals surface area contributed by atoms with Crippen LogP contribution in [0.1, 0.15) is 4.88 Å². The van der Waals surface area contributed by atoms with Gasteiger partial charge in [-0.1, -0.05) is 0 Å². The minimum absolute atomic E-state index is 0.305. The zero-order chi connectivity index (χ0) is 17.1. The van der Waals surface area contributed by atoms with Crippen LogP contribution in [0.15, 0.2) is 47.3 Å². The van der Waals surface area contributed by atoms with Crippen LogP contribution in [0.25, 0.3) is 10.4 Å². The third-order valence-corrected chi connectivity index (χ3v) is 4.54. The summed E-state index contributed by atoms with van der Waals surface area (Å²) in [5.74, 6) is 0. The first-order valence-corrected chi connectivity index (χ1v) is 7.83. The van der Waals surface area contributed by atoms with E-state index >= 15 is 0 Å². The topological polar surface area (TPSA) is 94.5 Å². The second-order valence-corrected chi connectivity index (χ2v) is 6.19. The van der Waals surface area contributed by atoms with E-state index in [1.165, 1.54) is 22.2 Å². The first kappa shape index (κ1) is 16.3. The maximum Gasteiger partial charge on any atom is 0.346 e. The fourth-order valence-corrected chi connectivity index (χ4v) is 3.13. The molecule has 3 N–H and O–H groups in total. The molecule has 0 aliphatic carbocycles. The Morgan fingerprint density at radius 2 is 2.21 bits per heavy atom. The van der Waals surface area contributed by atoms with Gasteiger partial charge in [0, 0.05) is 33.6 Å². The number of hydrogen-bond donors (Lipinski definition) is 2. The molecule has 3 aromatic rings. The van der Waals surface area contributed by atoms with Crippen molar-refractivity contribution in [3.8, 4) is 10.4 Å². The lowest BCUT2D eigenvalue weighted by Crippen LogP contribution is -2.27. The molecular formula is C14H14F2N6OS. The number of H-pyrrole nitrogens is 1. The number of halogens is 2. The van der Waals surface area contributed by atoms with Crippen LogP contribution in [0.3, 0.4) is 0 Å². The third-order valence-electron chi connectivity index (χ3n) is 3.42. The summed E-state index contributed by atoms with van der Waals surface area (Å²) in [6.45, 7) is -0.308. The summed E-state index contributed by atoms with van der Waals surface area (Å²) < 4.78 is 27.7. The minimum atomic E-state index is -1.87. The first-order chi connectivity index (χ1) is 11.6. The number of aromatic nitrogens is 5. The van der Waals surface area contributed by atoms with Crippen molar-refractivity contribution in [3.05, 3.63) is 57.9 Å². The van der Waals surface area contributed by atoms with E-state index in [4.69, 9.17) is 5.73 Å². The highest BCUT2D eigenvalue weighted by Crippen LogP contribution is 2.27. The maximum atomic E-state index is 12.7. The Hall–Kier alpha value is -2.59. The van der Waals surface area contributed by atoms with Crippen LogP contribution >= 0.6 is 11.3 Å². The molecule has 7 nitrogen and oxygen atoms in total. The van der Waals surface area contributed by atoms with Gasteiger partial charge in [0.2, 0.25) is 0 Å². The van der Waals surface area contributed by atoms with Gasteiger partial charge in [-0.3, -0.25) is 9.67 Å². The van der Waals surface area contributed by atoms with Crippen molar-refractivity contribution in [2.45, 2.75) is 13.1 Å². The molecule has 0 radical (unpaired) electrons. The molecule has 24 heavy (non-hydrogen) atoms. The number of hydrogen-bond acceptors (Lipinski definition) is 5. The Bertz CT molecular complexity index is 904. The van der Waals surface area contributed by atoms with Crippen molar-refractivity contribution < 1.29 is 8.78 Å². The van der Waals surface area contributed by atoms with Gasteiger partial charge in [0.25, 0.3) is 6.08 Å². The maximum absolute atomic E-state index is 12.7. The molecule has 126 valence electrons. The Kier molecular flexibility index (Phi) is 4.67. The Morgan fingerprint density at radius 1 is 1.38 bits per heavy atom. The lowest BCUT2D eigenvalue weighted by molar-refractivity contribution is 0.400. The summed E-state index contributed by atoms with van der Waals surface area (Å²) in [5, 5.41) is 10.5. The Labute approximate surface area is 139 Å². The van der Waals surface area contributed by atoms with Crippen molar-refractivity contribution >= 4 is 11.3 Å². The summed E-state index contributed by atoms with van der Waals surface area (Å²) in [6.07, 6.45) is 2.96. The molecule has 0 unspecified atom stereocenters. The molecule has 3 rings (SSSR count). The van der Waals surface area contributed by atoms with E-state index in [9.17, 15) is 13.6 Å². The van der Waals surface area contributed by atoms with Gasteiger partial charge in [-0.05, 0) is 12.1 Å². The molecule has 0 aromatic carbocycles. The average Bonchev–Trinajstić information content (AvgIpc) is 3.28. The predicted molar refractivity (Wildman–Crippen MR) is 85.8 cm³/mol. The number of nitrogens with two attached hydrogens (primary N) is 1. The second-order valence-electron chi connectivity index (χ2n) is 5.02. The van der Waals surface area contributed by atoms with Crippen LogP contribution in [0, 0.1) is 0 Å². The highest BCUT2D eigenvalue weighted by molar-refractivity contribution is 7.15. The molecule has 0 atom stereocenters.